The summed E-state index contributed by atoms with van der Waals surface area (Å²) < 4.78 is 18.8. The molecule has 1 saturated carbocycles. The third-order valence-corrected chi connectivity index (χ3v) is 2.99. The van der Waals surface area contributed by atoms with Gasteiger partial charge in [-0.1, -0.05) is 0 Å². The van der Waals surface area contributed by atoms with Crippen molar-refractivity contribution >= 4 is 5.91 Å². The van der Waals surface area contributed by atoms with Gasteiger partial charge in [-0.25, -0.2) is 4.39 Å². The van der Waals surface area contributed by atoms with Crippen LogP contribution < -0.4 is 15.4 Å². The Bertz CT molecular complexity index is 461. The number of benzene rings is 1. The average Bonchev–Trinajstić information content (AvgIpc) is 3.16. The first-order valence-electron chi connectivity index (χ1n) is 6.50. The van der Waals surface area contributed by atoms with Crippen molar-refractivity contribution in [3.8, 4) is 5.75 Å². The molecule has 0 radical (unpaired) electrons. The number of rotatable bonds is 6. The van der Waals surface area contributed by atoms with Gasteiger partial charge in [0.05, 0.1) is 0 Å². The molecule has 1 fully saturated rings. The van der Waals surface area contributed by atoms with E-state index in [1.165, 1.54) is 12.1 Å². The van der Waals surface area contributed by atoms with Crippen LogP contribution >= 0.6 is 0 Å². The minimum atomic E-state index is -0.582. The molecule has 5 heteroatoms. The first-order chi connectivity index (χ1) is 9.10. The highest BCUT2D eigenvalue weighted by Crippen LogP contribution is 2.22. The molecule has 1 unspecified atom stereocenters. The van der Waals surface area contributed by atoms with Crippen molar-refractivity contribution in [3.63, 3.8) is 0 Å². The summed E-state index contributed by atoms with van der Waals surface area (Å²) in [5.74, 6) is 0.101. The molecule has 0 saturated heterocycles. The molecular weight excluding hydrogens is 247 g/mol. The molecular formula is C14H19FN2O2. The van der Waals surface area contributed by atoms with Crippen LogP contribution in [-0.4, -0.2) is 25.1 Å². The van der Waals surface area contributed by atoms with Crippen molar-refractivity contribution in [2.75, 3.05) is 7.05 Å². The number of carbonyl (C=O) groups is 1. The molecule has 1 aliphatic carbocycles. The summed E-state index contributed by atoms with van der Waals surface area (Å²) in [4.78, 5) is 11.8. The Morgan fingerprint density at radius 3 is 2.89 bits per heavy atom. The highest BCUT2D eigenvalue weighted by molar-refractivity contribution is 5.81. The maximum absolute atomic E-state index is 13.2. The molecule has 0 spiro atoms. The van der Waals surface area contributed by atoms with Crippen molar-refractivity contribution in [1.29, 1.82) is 0 Å². The van der Waals surface area contributed by atoms with Gasteiger partial charge in [-0.2, -0.15) is 0 Å². The van der Waals surface area contributed by atoms with Crippen LogP contribution in [0.3, 0.4) is 0 Å². The quantitative estimate of drug-likeness (QED) is 0.822. The topological polar surface area (TPSA) is 50.4 Å². The van der Waals surface area contributed by atoms with E-state index in [0.29, 0.717) is 23.9 Å². The van der Waals surface area contributed by atoms with Crippen molar-refractivity contribution in [2.45, 2.75) is 38.5 Å². The van der Waals surface area contributed by atoms with Gasteiger partial charge in [0.25, 0.3) is 5.91 Å². The Hall–Kier alpha value is -1.62. The molecule has 2 rings (SSSR count). The molecule has 1 atom stereocenters. The summed E-state index contributed by atoms with van der Waals surface area (Å²) in [5.41, 5.74) is 0.702. The van der Waals surface area contributed by atoms with Gasteiger partial charge in [-0.05, 0) is 45.0 Å². The summed E-state index contributed by atoms with van der Waals surface area (Å²) in [6, 6.07) is 4.61. The smallest absolute Gasteiger partial charge is 0.260 e. The molecule has 0 heterocycles. The van der Waals surface area contributed by atoms with Crippen molar-refractivity contribution < 1.29 is 13.9 Å². The fourth-order valence-electron chi connectivity index (χ4n) is 1.78. The second-order valence-electron chi connectivity index (χ2n) is 4.83. The molecule has 1 aromatic carbocycles. The van der Waals surface area contributed by atoms with Crippen LogP contribution in [0.4, 0.5) is 4.39 Å². The van der Waals surface area contributed by atoms with Crippen LogP contribution in [0, 0.1) is 5.82 Å². The van der Waals surface area contributed by atoms with Crippen LogP contribution in [0.1, 0.15) is 25.3 Å². The fourth-order valence-corrected chi connectivity index (χ4v) is 1.78. The Morgan fingerprint density at radius 1 is 1.53 bits per heavy atom. The van der Waals surface area contributed by atoms with Gasteiger partial charge in [0.1, 0.15) is 11.6 Å². The third-order valence-electron chi connectivity index (χ3n) is 2.99. The van der Waals surface area contributed by atoms with Gasteiger partial charge in [0.2, 0.25) is 0 Å². The number of ether oxygens (including phenoxy) is 1. The SMILES string of the molecule is CNCc1cc(F)ccc1OC(C)C(=O)NC1CC1. The van der Waals surface area contributed by atoms with E-state index in [2.05, 4.69) is 10.6 Å². The summed E-state index contributed by atoms with van der Waals surface area (Å²) >= 11 is 0. The van der Waals surface area contributed by atoms with Gasteiger partial charge in [0.15, 0.2) is 6.10 Å². The van der Waals surface area contributed by atoms with Crippen LogP contribution in [0.5, 0.6) is 5.75 Å². The number of nitrogens with one attached hydrogen (secondary N) is 2. The predicted octanol–water partition coefficient (Wildman–Crippen LogP) is 1.59. The normalized spacial score (nSPS) is 15.9. The zero-order chi connectivity index (χ0) is 13.8. The number of carbonyl (C=O) groups excluding carboxylic acids is 1. The fraction of sp³-hybridized carbons (Fsp3) is 0.500. The highest BCUT2D eigenvalue weighted by Gasteiger charge is 2.26. The Kier molecular flexibility index (Phi) is 4.37. The Labute approximate surface area is 112 Å². The molecule has 0 aliphatic heterocycles. The molecule has 1 aromatic rings. The van der Waals surface area contributed by atoms with Gasteiger partial charge < -0.3 is 15.4 Å². The summed E-state index contributed by atoms with van der Waals surface area (Å²) in [7, 11) is 1.78. The molecule has 1 amide bonds. The van der Waals surface area contributed by atoms with Gasteiger partial charge >= 0.3 is 0 Å². The molecule has 0 aromatic heterocycles. The van der Waals surface area contributed by atoms with E-state index in [4.69, 9.17) is 4.74 Å². The number of hydrogen-bond donors (Lipinski definition) is 2. The molecule has 2 N–H and O–H groups in total. The zero-order valence-corrected chi connectivity index (χ0v) is 11.2. The van der Waals surface area contributed by atoms with E-state index in [1.54, 1.807) is 20.0 Å². The van der Waals surface area contributed by atoms with Crippen LogP contribution in [-0.2, 0) is 11.3 Å². The monoisotopic (exact) mass is 266 g/mol. The van der Waals surface area contributed by atoms with E-state index >= 15 is 0 Å². The molecule has 4 nitrogen and oxygen atoms in total. The standard InChI is InChI=1S/C14H19FN2O2/c1-9(14(18)17-12-4-5-12)19-13-6-3-11(15)7-10(13)8-16-2/h3,6-7,9,12,16H,4-5,8H2,1-2H3,(H,17,18). The first-order valence-corrected chi connectivity index (χ1v) is 6.50. The van der Waals surface area contributed by atoms with E-state index in [1.807, 2.05) is 0 Å². The van der Waals surface area contributed by atoms with Crippen molar-refractivity contribution in [3.05, 3.63) is 29.6 Å². The van der Waals surface area contributed by atoms with E-state index < -0.39 is 6.10 Å². The lowest BCUT2D eigenvalue weighted by Crippen LogP contribution is -2.37. The van der Waals surface area contributed by atoms with E-state index in [-0.39, 0.29) is 11.7 Å². The minimum absolute atomic E-state index is 0.123. The van der Waals surface area contributed by atoms with Crippen molar-refractivity contribution in [2.24, 2.45) is 0 Å². The second kappa shape index (κ2) is 6.02. The maximum atomic E-state index is 13.2. The Balaban J connectivity index is 2.01. The molecule has 1 aliphatic rings. The lowest BCUT2D eigenvalue weighted by atomic mass is 10.2. The largest absolute Gasteiger partial charge is 0.481 e. The lowest BCUT2D eigenvalue weighted by molar-refractivity contribution is -0.127. The van der Waals surface area contributed by atoms with Gasteiger partial charge in [-0.3, -0.25) is 4.79 Å². The lowest BCUT2D eigenvalue weighted by Gasteiger charge is -2.17. The third kappa shape index (κ3) is 3.92. The maximum Gasteiger partial charge on any atom is 0.260 e. The Morgan fingerprint density at radius 2 is 2.26 bits per heavy atom. The van der Waals surface area contributed by atoms with Crippen LogP contribution in [0.15, 0.2) is 18.2 Å². The summed E-state index contributed by atoms with van der Waals surface area (Å²) in [5, 5.41) is 5.83. The van der Waals surface area contributed by atoms with Crippen LogP contribution in [0.2, 0.25) is 0 Å². The number of hydrogen-bond acceptors (Lipinski definition) is 3. The van der Waals surface area contributed by atoms with Crippen molar-refractivity contribution in [1.82, 2.24) is 10.6 Å². The van der Waals surface area contributed by atoms with Gasteiger partial charge in [-0.15, -0.1) is 0 Å². The first kappa shape index (κ1) is 13.8. The molecule has 0 bridgehead atoms. The zero-order valence-electron chi connectivity index (χ0n) is 11.2. The summed E-state index contributed by atoms with van der Waals surface area (Å²) in [6.45, 7) is 2.19. The van der Waals surface area contributed by atoms with E-state index in [9.17, 15) is 9.18 Å². The number of halogens is 1. The average molecular weight is 266 g/mol. The second-order valence-corrected chi connectivity index (χ2v) is 4.83. The van der Waals surface area contributed by atoms with Gasteiger partial charge in [0, 0.05) is 18.2 Å². The highest BCUT2D eigenvalue weighted by atomic mass is 19.1. The number of amides is 1. The van der Waals surface area contributed by atoms with E-state index in [0.717, 1.165) is 12.8 Å². The minimum Gasteiger partial charge on any atom is -0.481 e. The summed E-state index contributed by atoms with van der Waals surface area (Å²) in [6.07, 6.45) is 1.50. The predicted molar refractivity (Wildman–Crippen MR) is 70.4 cm³/mol. The molecule has 19 heavy (non-hydrogen) atoms. The van der Waals surface area contributed by atoms with Crippen LogP contribution in [0.25, 0.3) is 0 Å². The molecule has 104 valence electrons.